The van der Waals surface area contributed by atoms with Crippen LogP contribution in [0.15, 0.2) is 30.5 Å². The number of pyridine rings is 1. The van der Waals surface area contributed by atoms with Crippen LogP contribution in [0.25, 0.3) is 0 Å². The molecule has 0 aliphatic carbocycles. The van der Waals surface area contributed by atoms with Gasteiger partial charge in [-0.1, -0.05) is 29.3 Å². The minimum atomic E-state index is -1.11. The molecule has 0 aliphatic rings. The van der Waals surface area contributed by atoms with Crippen LogP contribution in [0.5, 0.6) is 11.6 Å². The molecule has 1 aromatic carbocycles. The molecule has 5 heteroatoms. The summed E-state index contributed by atoms with van der Waals surface area (Å²) in [5.41, 5.74) is 2.05. The van der Waals surface area contributed by atoms with Crippen LogP contribution in [0.3, 0.4) is 0 Å². The zero-order valence-corrected chi connectivity index (χ0v) is 11.2. The van der Waals surface area contributed by atoms with Crippen molar-refractivity contribution in [3.05, 3.63) is 52.2 Å². The molecule has 0 atom stereocenters. The van der Waals surface area contributed by atoms with E-state index in [2.05, 4.69) is 4.98 Å². The van der Waals surface area contributed by atoms with Crippen molar-refractivity contribution in [1.82, 2.24) is 4.98 Å². The second kappa shape index (κ2) is 5.28. The summed E-state index contributed by atoms with van der Waals surface area (Å²) < 4.78 is 5.58. The van der Waals surface area contributed by atoms with Crippen molar-refractivity contribution in [2.75, 3.05) is 0 Å². The number of rotatable bonds is 3. The number of carboxylic acid groups (broad SMARTS) is 1. The summed E-state index contributed by atoms with van der Waals surface area (Å²) in [6.07, 6.45) is 1.27. The number of ether oxygens (including phenoxy) is 1. The fourth-order valence-electron chi connectivity index (χ4n) is 1.67. The Bertz CT molecular complexity index is 641. The molecule has 0 spiro atoms. The maximum absolute atomic E-state index is 11.0. The highest BCUT2D eigenvalue weighted by Crippen LogP contribution is 2.26. The van der Waals surface area contributed by atoms with Gasteiger partial charge in [-0.2, -0.15) is 0 Å². The lowest BCUT2D eigenvalue weighted by Gasteiger charge is -2.09. The van der Waals surface area contributed by atoms with Crippen LogP contribution in [0.4, 0.5) is 0 Å². The van der Waals surface area contributed by atoms with E-state index in [4.69, 9.17) is 21.4 Å². The Labute approximate surface area is 115 Å². The minimum Gasteiger partial charge on any atom is -0.478 e. The number of carboxylic acids is 1. The highest BCUT2D eigenvalue weighted by Gasteiger charge is 2.12. The first-order valence-corrected chi connectivity index (χ1v) is 5.99. The second-order valence-corrected chi connectivity index (χ2v) is 4.59. The van der Waals surface area contributed by atoms with Gasteiger partial charge in [-0.15, -0.1) is 0 Å². The van der Waals surface area contributed by atoms with Crippen LogP contribution in [0.1, 0.15) is 21.5 Å². The summed E-state index contributed by atoms with van der Waals surface area (Å²) in [4.78, 5) is 14.9. The number of aryl methyl sites for hydroxylation is 2. The van der Waals surface area contributed by atoms with Crippen LogP contribution < -0.4 is 4.74 Å². The molecule has 0 unspecified atom stereocenters. The molecule has 0 amide bonds. The summed E-state index contributed by atoms with van der Waals surface area (Å²) >= 11 is 5.75. The maximum Gasteiger partial charge on any atom is 0.337 e. The third-order valence-electron chi connectivity index (χ3n) is 2.61. The van der Waals surface area contributed by atoms with Gasteiger partial charge in [-0.25, -0.2) is 9.78 Å². The zero-order valence-electron chi connectivity index (χ0n) is 10.5. The predicted octanol–water partition coefficient (Wildman–Crippen LogP) is 3.84. The Morgan fingerprint density at radius 1 is 1.32 bits per heavy atom. The summed E-state index contributed by atoms with van der Waals surface area (Å²) in [6.45, 7) is 3.90. The molecule has 0 saturated heterocycles. The predicted molar refractivity (Wildman–Crippen MR) is 72.2 cm³/mol. The van der Waals surface area contributed by atoms with Crippen molar-refractivity contribution in [1.29, 1.82) is 0 Å². The Hall–Kier alpha value is -2.07. The average Bonchev–Trinajstić information content (AvgIpc) is 2.34. The van der Waals surface area contributed by atoms with Crippen molar-refractivity contribution in [3.63, 3.8) is 0 Å². The number of hydrogen-bond donors (Lipinski definition) is 1. The lowest BCUT2D eigenvalue weighted by molar-refractivity contribution is 0.0696. The van der Waals surface area contributed by atoms with Gasteiger partial charge >= 0.3 is 5.97 Å². The molecule has 0 aliphatic heterocycles. The van der Waals surface area contributed by atoms with Gasteiger partial charge in [-0.3, -0.25) is 0 Å². The Balaban J connectivity index is 2.33. The molecule has 0 bridgehead atoms. The van der Waals surface area contributed by atoms with E-state index in [-0.39, 0.29) is 16.5 Å². The number of halogens is 1. The van der Waals surface area contributed by atoms with Gasteiger partial charge in [0.15, 0.2) is 0 Å². The molecule has 19 heavy (non-hydrogen) atoms. The highest BCUT2D eigenvalue weighted by molar-refractivity contribution is 6.33. The van der Waals surface area contributed by atoms with Crippen LogP contribution in [-0.4, -0.2) is 16.1 Å². The summed E-state index contributed by atoms with van der Waals surface area (Å²) in [5, 5.41) is 9.06. The van der Waals surface area contributed by atoms with E-state index in [0.717, 1.165) is 11.1 Å². The van der Waals surface area contributed by atoms with Gasteiger partial charge in [0.25, 0.3) is 0 Å². The van der Waals surface area contributed by atoms with Gasteiger partial charge in [-0.05, 0) is 25.5 Å². The van der Waals surface area contributed by atoms with E-state index in [1.807, 2.05) is 32.0 Å². The first kappa shape index (κ1) is 13.4. The zero-order chi connectivity index (χ0) is 14.0. The molecular weight excluding hydrogens is 266 g/mol. The number of aromatic carboxylic acids is 1. The normalized spacial score (nSPS) is 10.3. The van der Waals surface area contributed by atoms with E-state index < -0.39 is 5.97 Å². The molecule has 2 rings (SSSR count). The first-order chi connectivity index (χ1) is 8.97. The summed E-state index contributed by atoms with van der Waals surface area (Å²) in [5.74, 6) is -0.275. The topological polar surface area (TPSA) is 59.4 Å². The van der Waals surface area contributed by atoms with Gasteiger partial charge in [0.05, 0.1) is 16.8 Å². The highest BCUT2D eigenvalue weighted by atomic mass is 35.5. The van der Waals surface area contributed by atoms with E-state index in [1.165, 1.54) is 12.3 Å². The van der Waals surface area contributed by atoms with Crippen LogP contribution >= 0.6 is 11.6 Å². The number of benzene rings is 1. The van der Waals surface area contributed by atoms with E-state index >= 15 is 0 Å². The third-order valence-corrected chi connectivity index (χ3v) is 2.91. The van der Waals surface area contributed by atoms with Crippen LogP contribution in [0, 0.1) is 13.8 Å². The number of nitrogens with zero attached hydrogens (tertiary/aromatic N) is 1. The fourth-order valence-corrected chi connectivity index (χ4v) is 1.85. The summed E-state index contributed by atoms with van der Waals surface area (Å²) in [6, 6.07) is 7.02. The smallest absolute Gasteiger partial charge is 0.337 e. The molecule has 0 radical (unpaired) electrons. The molecule has 0 saturated carbocycles. The average molecular weight is 278 g/mol. The van der Waals surface area contributed by atoms with Crippen molar-refractivity contribution in [2.24, 2.45) is 0 Å². The Morgan fingerprint density at radius 2 is 2.05 bits per heavy atom. The lowest BCUT2D eigenvalue weighted by Crippen LogP contribution is -2.00. The largest absolute Gasteiger partial charge is 0.478 e. The van der Waals surface area contributed by atoms with Crippen molar-refractivity contribution >= 4 is 17.6 Å². The molecule has 1 N–H and O–H groups in total. The SMILES string of the molecule is Cc1ccc(Oc2cc(C(=O)O)c(Cl)cn2)c(C)c1. The molecular formula is C14H12ClNO3. The third kappa shape index (κ3) is 3.03. The van der Waals surface area contributed by atoms with Crippen molar-refractivity contribution in [2.45, 2.75) is 13.8 Å². The number of hydrogen-bond acceptors (Lipinski definition) is 3. The first-order valence-electron chi connectivity index (χ1n) is 5.61. The van der Waals surface area contributed by atoms with E-state index in [9.17, 15) is 4.79 Å². The molecule has 98 valence electrons. The van der Waals surface area contributed by atoms with Crippen molar-refractivity contribution < 1.29 is 14.6 Å². The van der Waals surface area contributed by atoms with Crippen molar-refractivity contribution in [3.8, 4) is 11.6 Å². The summed E-state index contributed by atoms with van der Waals surface area (Å²) in [7, 11) is 0. The van der Waals surface area contributed by atoms with Crippen LogP contribution in [0.2, 0.25) is 5.02 Å². The van der Waals surface area contributed by atoms with E-state index in [1.54, 1.807) is 0 Å². The molecule has 1 aromatic heterocycles. The van der Waals surface area contributed by atoms with Gasteiger partial charge in [0.1, 0.15) is 5.75 Å². The van der Waals surface area contributed by atoms with Crippen LogP contribution in [-0.2, 0) is 0 Å². The Kier molecular flexibility index (Phi) is 3.71. The minimum absolute atomic E-state index is 0.0311. The van der Waals surface area contributed by atoms with Gasteiger partial charge < -0.3 is 9.84 Å². The lowest BCUT2D eigenvalue weighted by atomic mass is 10.1. The second-order valence-electron chi connectivity index (χ2n) is 4.18. The number of aromatic nitrogens is 1. The number of carbonyl (C=O) groups is 1. The fraction of sp³-hybridized carbons (Fsp3) is 0.143. The quantitative estimate of drug-likeness (QED) is 0.926. The Morgan fingerprint density at radius 3 is 2.68 bits per heavy atom. The van der Waals surface area contributed by atoms with E-state index in [0.29, 0.717) is 5.75 Å². The van der Waals surface area contributed by atoms with Gasteiger partial charge in [0.2, 0.25) is 5.88 Å². The van der Waals surface area contributed by atoms with Gasteiger partial charge in [0, 0.05) is 6.07 Å². The monoisotopic (exact) mass is 277 g/mol. The molecule has 2 aromatic rings. The molecule has 4 nitrogen and oxygen atoms in total. The molecule has 0 fully saturated rings. The maximum atomic E-state index is 11.0. The standard InChI is InChI=1S/C14H12ClNO3/c1-8-3-4-12(9(2)5-8)19-13-6-10(14(17)18)11(15)7-16-13/h3-7H,1-2H3,(H,17,18). The molecule has 1 heterocycles.